The van der Waals surface area contributed by atoms with Crippen LogP contribution < -0.4 is 10.6 Å². The minimum absolute atomic E-state index is 0.223. The number of amides is 3. The number of aliphatic hydroxyl groups is 1. The third kappa shape index (κ3) is 1.24. The predicted octanol–water partition coefficient (Wildman–Crippen LogP) is -1.57. The van der Waals surface area contributed by atoms with Crippen molar-refractivity contribution in [1.82, 2.24) is 10.6 Å². The average Bonchev–Trinajstić information content (AvgIpc) is 1.88. The summed E-state index contributed by atoms with van der Waals surface area (Å²) < 4.78 is 0. The highest BCUT2D eigenvalue weighted by Crippen LogP contribution is 1.96. The van der Waals surface area contributed by atoms with Crippen molar-refractivity contribution in [2.45, 2.75) is 0 Å². The number of aliphatic hydroxyl groups excluding tert-OH is 1. The molecule has 1 atom stereocenters. The fourth-order valence-electron chi connectivity index (χ4n) is 0.714. The summed E-state index contributed by atoms with van der Waals surface area (Å²) in [4.78, 5) is 21.1. The van der Waals surface area contributed by atoms with Gasteiger partial charge in [0.25, 0.3) is 0 Å². The summed E-state index contributed by atoms with van der Waals surface area (Å²) in [5.74, 6) is -0.899. The molecule has 5 heteroatoms. The molecule has 1 fully saturated rings. The van der Waals surface area contributed by atoms with E-state index in [1.54, 1.807) is 0 Å². The number of nitrogens with one attached hydrogen (secondary N) is 2. The van der Waals surface area contributed by atoms with Crippen molar-refractivity contribution in [2.24, 2.45) is 5.92 Å². The van der Waals surface area contributed by atoms with Gasteiger partial charge in [-0.2, -0.15) is 0 Å². The molecular formula is C5H8N2O3. The van der Waals surface area contributed by atoms with E-state index in [1.807, 2.05) is 5.32 Å². The summed E-state index contributed by atoms with van der Waals surface area (Å²) >= 11 is 0. The van der Waals surface area contributed by atoms with Gasteiger partial charge in [-0.15, -0.1) is 0 Å². The Morgan fingerprint density at radius 1 is 1.60 bits per heavy atom. The van der Waals surface area contributed by atoms with Gasteiger partial charge in [0.2, 0.25) is 5.91 Å². The second kappa shape index (κ2) is 2.66. The van der Waals surface area contributed by atoms with Gasteiger partial charge in [-0.25, -0.2) is 4.79 Å². The summed E-state index contributed by atoms with van der Waals surface area (Å²) in [6.45, 7) is -0.00667. The summed E-state index contributed by atoms with van der Waals surface area (Å²) in [7, 11) is 0. The molecule has 0 radical (unpaired) electrons. The van der Waals surface area contributed by atoms with Gasteiger partial charge in [0.15, 0.2) is 0 Å². The zero-order valence-electron chi connectivity index (χ0n) is 5.26. The molecule has 0 aromatic heterocycles. The Morgan fingerprint density at radius 3 is 2.80 bits per heavy atom. The minimum Gasteiger partial charge on any atom is -0.395 e. The van der Waals surface area contributed by atoms with E-state index in [9.17, 15) is 9.59 Å². The normalized spacial score (nSPS) is 25.5. The molecule has 0 spiro atoms. The monoisotopic (exact) mass is 144 g/mol. The van der Waals surface area contributed by atoms with Gasteiger partial charge in [-0.1, -0.05) is 0 Å². The lowest BCUT2D eigenvalue weighted by atomic mass is 10.1. The standard InChI is InChI=1S/C5H8N2O3/c8-2-3-1-6-5(10)7-4(3)9/h3,8H,1-2H2,(H2,6,7,9,10)/t3-/m0/s1. The van der Waals surface area contributed by atoms with Crippen LogP contribution in [0.4, 0.5) is 4.79 Å². The molecule has 0 bridgehead atoms. The largest absolute Gasteiger partial charge is 0.395 e. The number of hydrogen-bond acceptors (Lipinski definition) is 3. The zero-order valence-corrected chi connectivity index (χ0v) is 5.26. The SMILES string of the molecule is O=C1NC[C@@H](CO)C(=O)N1. The Morgan fingerprint density at radius 2 is 2.30 bits per heavy atom. The van der Waals surface area contributed by atoms with Crippen molar-refractivity contribution >= 4 is 11.9 Å². The van der Waals surface area contributed by atoms with Crippen LogP contribution in [0.3, 0.4) is 0 Å². The molecule has 0 saturated carbocycles. The van der Waals surface area contributed by atoms with Crippen LogP contribution in [0.15, 0.2) is 0 Å². The van der Waals surface area contributed by atoms with E-state index in [4.69, 9.17) is 5.11 Å². The molecular weight excluding hydrogens is 136 g/mol. The summed E-state index contributed by atoms with van der Waals surface area (Å²) in [6, 6.07) is -0.491. The number of carbonyl (C=O) groups excluding carboxylic acids is 2. The van der Waals surface area contributed by atoms with Crippen molar-refractivity contribution in [2.75, 3.05) is 13.2 Å². The Kier molecular flexibility index (Phi) is 1.86. The fraction of sp³-hybridized carbons (Fsp3) is 0.600. The summed E-state index contributed by atoms with van der Waals surface area (Å²) in [5, 5.41) is 12.9. The predicted molar refractivity (Wildman–Crippen MR) is 32.1 cm³/mol. The van der Waals surface area contributed by atoms with Crippen molar-refractivity contribution < 1.29 is 14.7 Å². The van der Waals surface area contributed by atoms with Crippen LogP contribution in [0.2, 0.25) is 0 Å². The lowest BCUT2D eigenvalue weighted by Gasteiger charge is -2.19. The Labute approximate surface area is 57.4 Å². The van der Waals surface area contributed by atoms with Crippen molar-refractivity contribution in [1.29, 1.82) is 0 Å². The molecule has 0 unspecified atom stereocenters. The first-order chi connectivity index (χ1) is 4.74. The Hall–Kier alpha value is -1.10. The number of urea groups is 1. The van der Waals surface area contributed by atoms with E-state index >= 15 is 0 Å². The van der Waals surface area contributed by atoms with Gasteiger partial charge in [0, 0.05) is 6.54 Å². The van der Waals surface area contributed by atoms with Gasteiger partial charge in [0.05, 0.1) is 12.5 Å². The molecule has 10 heavy (non-hydrogen) atoms. The summed E-state index contributed by atoms with van der Waals surface area (Å²) in [5.41, 5.74) is 0. The smallest absolute Gasteiger partial charge is 0.321 e. The second-order valence-corrected chi connectivity index (χ2v) is 2.08. The highest BCUT2D eigenvalue weighted by Gasteiger charge is 2.24. The number of hydrogen-bond donors (Lipinski definition) is 3. The highest BCUT2D eigenvalue weighted by atomic mass is 16.3. The Balaban J connectivity index is 2.51. The maximum atomic E-state index is 10.7. The molecule has 1 rings (SSSR count). The Bertz CT molecular complexity index is 168. The van der Waals surface area contributed by atoms with Crippen molar-refractivity contribution in [3.63, 3.8) is 0 Å². The van der Waals surface area contributed by atoms with Gasteiger partial charge in [-0.05, 0) is 0 Å². The maximum absolute atomic E-state index is 10.7. The van der Waals surface area contributed by atoms with Crippen LogP contribution in [-0.2, 0) is 4.79 Å². The molecule has 3 N–H and O–H groups in total. The lowest BCUT2D eigenvalue weighted by Crippen LogP contribution is -2.53. The number of imide groups is 1. The van der Waals surface area contributed by atoms with Crippen LogP contribution in [0.25, 0.3) is 0 Å². The van der Waals surface area contributed by atoms with Crippen LogP contribution in [0.1, 0.15) is 0 Å². The van der Waals surface area contributed by atoms with E-state index < -0.39 is 17.9 Å². The summed E-state index contributed by atoms with van der Waals surface area (Å²) in [6.07, 6.45) is 0. The minimum atomic E-state index is -0.491. The van der Waals surface area contributed by atoms with E-state index in [2.05, 4.69) is 5.32 Å². The average molecular weight is 144 g/mol. The third-order valence-corrected chi connectivity index (χ3v) is 1.34. The number of rotatable bonds is 1. The molecule has 1 aliphatic heterocycles. The van der Waals surface area contributed by atoms with E-state index in [1.165, 1.54) is 0 Å². The van der Waals surface area contributed by atoms with E-state index in [-0.39, 0.29) is 13.2 Å². The molecule has 3 amide bonds. The quantitative estimate of drug-likeness (QED) is 0.416. The third-order valence-electron chi connectivity index (χ3n) is 1.34. The molecule has 0 aromatic rings. The van der Waals surface area contributed by atoms with Gasteiger partial charge in [-0.3, -0.25) is 10.1 Å². The molecule has 0 aromatic carbocycles. The lowest BCUT2D eigenvalue weighted by molar-refractivity contribution is -0.125. The number of carbonyl (C=O) groups is 2. The molecule has 0 aliphatic carbocycles. The second-order valence-electron chi connectivity index (χ2n) is 2.08. The molecule has 1 aliphatic rings. The van der Waals surface area contributed by atoms with E-state index in [0.717, 1.165) is 0 Å². The van der Waals surface area contributed by atoms with Crippen LogP contribution >= 0.6 is 0 Å². The topological polar surface area (TPSA) is 78.4 Å². The van der Waals surface area contributed by atoms with Gasteiger partial charge >= 0.3 is 6.03 Å². The molecule has 1 saturated heterocycles. The zero-order chi connectivity index (χ0) is 7.56. The van der Waals surface area contributed by atoms with Crippen LogP contribution in [-0.4, -0.2) is 30.2 Å². The highest BCUT2D eigenvalue weighted by molar-refractivity contribution is 5.97. The fourth-order valence-corrected chi connectivity index (χ4v) is 0.714. The molecule has 1 heterocycles. The molecule has 56 valence electrons. The van der Waals surface area contributed by atoms with Crippen LogP contribution in [0.5, 0.6) is 0 Å². The first-order valence-corrected chi connectivity index (χ1v) is 2.93. The van der Waals surface area contributed by atoms with E-state index in [0.29, 0.717) is 0 Å². The maximum Gasteiger partial charge on any atom is 0.321 e. The molecule has 5 nitrogen and oxygen atoms in total. The van der Waals surface area contributed by atoms with Gasteiger partial charge in [0.1, 0.15) is 0 Å². The van der Waals surface area contributed by atoms with Gasteiger partial charge < -0.3 is 10.4 Å². The first kappa shape index (κ1) is 7.01. The van der Waals surface area contributed by atoms with Crippen molar-refractivity contribution in [3.8, 4) is 0 Å². The first-order valence-electron chi connectivity index (χ1n) is 2.93. The van der Waals surface area contributed by atoms with Crippen LogP contribution in [0, 0.1) is 5.92 Å². The van der Waals surface area contributed by atoms with Crippen molar-refractivity contribution in [3.05, 3.63) is 0 Å².